The minimum atomic E-state index is -0.407. The summed E-state index contributed by atoms with van der Waals surface area (Å²) in [6.45, 7) is 5.91. The molecule has 0 N–H and O–H groups in total. The Bertz CT molecular complexity index is 1010. The molecule has 0 bridgehead atoms. The number of benzene rings is 1. The van der Waals surface area contributed by atoms with Crippen molar-refractivity contribution >= 4 is 12.0 Å². The fourth-order valence-corrected chi connectivity index (χ4v) is 3.41. The number of piperazine rings is 1. The zero-order valence-electron chi connectivity index (χ0n) is 16.6. The predicted molar refractivity (Wildman–Crippen MR) is 109 cm³/mol. The number of rotatable bonds is 4. The van der Waals surface area contributed by atoms with Crippen molar-refractivity contribution in [1.82, 2.24) is 18.9 Å². The number of carbonyl (C=O) groups excluding carboxylic acids is 1. The molecule has 0 atom stereocenters. The van der Waals surface area contributed by atoms with E-state index in [1.165, 1.54) is 41.1 Å². The Hall–Kier alpha value is -2.93. The number of hydrogen-bond acceptors (Lipinski definition) is 4. The zero-order chi connectivity index (χ0) is 20.3. The maximum Gasteiger partial charge on any atom is 0.330 e. The van der Waals surface area contributed by atoms with E-state index in [4.69, 9.17) is 0 Å². The highest BCUT2D eigenvalue weighted by Gasteiger charge is 2.19. The van der Waals surface area contributed by atoms with Crippen LogP contribution in [0.15, 0.2) is 46.1 Å². The van der Waals surface area contributed by atoms with Crippen LogP contribution in [0.25, 0.3) is 6.08 Å². The summed E-state index contributed by atoms with van der Waals surface area (Å²) in [4.78, 5) is 40.5. The van der Waals surface area contributed by atoms with Gasteiger partial charge in [-0.2, -0.15) is 0 Å². The molecular weight excluding hydrogens is 356 g/mol. The first-order valence-corrected chi connectivity index (χ1v) is 9.36. The van der Waals surface area contributed by atoms with Gasteiger partial charge in [0.1, 0.15) is 0 Å². The summed E-state index contributed by atoms with van der Waals surface area (Å²) in [5, 5.41) is 0. The second-order valence-corrected chi connectivity index (χ2v) is 7.27. The van der Waals surface area contributed by atoms with E-state index in [0.29, 0.717) is 18.7 Å². The molecule has 0 radical (unpaired) electrons. The van der Waals surface area contributed by atoms with Crippen LogP contribution in [0.1, 0.15) is 16.7 Å². The van der Waals surface area contributed by atoms with Crippen molar-refractivity contribution in [2.24, 2.45) is 14.1 Å². The number of hydrogen-bond donors (Lipinski definition) is 0. The van der Waals surface area contributed by atoms with Crippen LogP contribution in [0.2, 0.25) is 0 Å². The largest absolute Gasteiger partial charge is 0.337 e. The summed E-state index contributed by atoms with van der Waals surface area (Å²) in [6, 6.07) is 8.47. The van der Waals surface area contributed by atoms with Crippen molar-refractivity contribution in [2.75, 3.05) is 26.2 Å². The smallest absolute Gasteiger partial charge is 0.330 e. The summed E-state index contributed by atoms with van der Waals surface area (Å²) in [7, 11) is 3.01. The Morgan fingerprint density at radius 3 is 2.50 bits per heavy atom. The average molecular weight is 382 g/mol. The highest BCUT2D eigenvalue weighted by atomic mass is 16.2. The van der Waals surface area contributed by atoms with Gasteiger partial charge in [0.2, 0.25) is 5.91 Å². The molecule has 3 rings (SSSR count). The summed E-state index contributed by atoms with van der Waals surface area (Å²) >= 11 is 0. The van der Waals surface area contributed by atoms with Crippen molar-refractivity contribution < 1.29 is 4.79 Å². The molecule has 0 spiro atoms. The Balaban J connectivity index is 1.59. The Kier molecular flexibility index (Phi) is 5.94. The molecule has 0 unspecified atom stereocenters. The Morgan fingerprint density at radius 2 is 1.82 bits per heavy atom. The maximum atomic E-state index is 12.5. The van der Waals surface area contributed by atoms with E-state index in [0.717, 1.165) is 24.2 Å². The van der Waals surface area contributed by atoms with Gasteiger partial charge in [-0.1, -0.05) is 29.8 Å². The zero-order valence-corrected chi connectivity index (χ0v) is 16.6. The first kappa shape index (κ1) is 19.8. The third-order valence-corrected chi connectivity index (χ3v) is 5.05. The lowest BCUT2D eigenvalue weighted by molar-refractivity contribution is -0.127. The van der Waals surface area contributed by atoms with E-state index in [2.05, 4.69) is 36.1 Å². The fraction of sp³-hybridized carbons (Fsp3) is 0.381. The average Bonchev–Trinajstić information content (AvgIpc) is 2.68. The Morgan fingerprint density at radius 1 is 1.11 bits per heavy atom. The van der Waals surface area contributed by atoms with Crippen molar-refractivity contribution in [1.29, 1.82) is 0 Å². The minimum Gasteiger partial charge on any atom is -0.337 e. The molecule has 0 aliphatic carbocycles. The molecule has 1 aromatic carbocycles. The number of amides is 1. The predicted octanol–water partition coefficient (Wildman–Crippen LogP) is 0.750. The Labute approximate surface area is 164 Å². The molecule has 1 aliphatic rings. The molecule has 1 fully saturated rings. The van der Waals surface area contributed by atoms with Gasteiger partial charge in [-0.3, -0.25) is 19.1 Å². The van der Waals surface area contributed by atoms with Crippen LogP contribution in [0.4, 0.5) is 0 Å². The summed E-state index contributed by atoms with van der Waals surface area (Å²) in [5.41, 5.74) is 2.05. The summed E-state index contributed by atoms with van der Waals surface area (Å²) in [5.74, 6) is -0.119. The number of nitrogens with zero attached hydrogens (tertiary/aromatic N) is 4. The highest BCUT2D eigenvalue weighted by Crippen LogP contribution is 2.11. The minimum absolute atomic E-state index is 0.119. The summed E-state index contributed by atoms with van der Waals surface area (Å²) in [6.07, 6.45) is 4.36. The van der Waals surface area contributed by atoms with E-state index in [1.807, 2.05) is 0 Å². The summed E-state index contributed by atoms with van der Waals surface area (Å²) < 4.78 is 2.36. The van der Waals surface area contributed by atoms with Crippen LogP contribution in [0.5, 0.6) is 0 Å². The van der Waals surface area contributed by atoms with Crippen molar-refractivity contribution in [3.8, 4) is 0 Å². The standard InChI is InChI=1S/C21H26N4O3/c1-16-5-4-6-17(13-16)14-24-9-11-25(12-10-24)19(26)8-7-18-15-22(2)21(28)23(3)20(18)27/h4-8,13,15H,9-12,14H2,1-3H3/b8-7+. The fourth-order valence-electron chi connectivity index (χ4n) is 3.41. The number of aryl methyl sites for hydroxylation is 2. The lowest BCUT2D eigenvalue weighted by Crippen LogP contribution is -2.47. The van der Waals surface area contributed by atoms with Crippen molar-refractivity contribution in [3.63, 3.8) is 0 Å². The van der Waals surface area contributed by atoms with Crippen LogP contribution in [-0.2, 0) is 25.4 Å². The second kappa shape index (κ2) is 8.39. The number of carbonyl (C=O) groups is 1. The molecule has 2 aromatic rings. The van der Waals surface area contributed by atoms with Crippen LogP contribution < -0.4 is 11.2 Å². The molecule has 1 aromatic heterocycles. The molecule has 1 aliphatic heterocycles. The van der Waals surface area contributed by atoms with Gasteiger partial charge in [0.15, 0.2) is 0 Å². The van der Waals surface area contributed by atoms with E-state index >= 15 is 0 Å². The molecule has 2 heterocycles. The van der Waals surface area contributed by atoms with Gasteiger partial charge in [0.25, 0.3) is 5.56 Å². The SMILES string of the molecule is Cc1cccc(CN2CCN(C(=O)/C=C/c3cn(C)c(=O)n(C)c3=O)CC2)c1. The third-order valence-electron chi connectivity index (χ3n) is 5.05. The molecule has 1 amide bonds. The maximum absolute atomic E-state index is 12.5. The van der Waals surface area contributed by atoms with Gasteiger partial charge in [-0.25, -0.2) is 4.79 Å². The normalized spacial score (nSPS) is 15.3. The van der Waals surface area contributed by atoms with Crippen molar-refractivity contribution in [2.45, 2.75) is 13.5 Å². The van der Waals surface area contributed by atoms with E-state index in [-0.39, 0.29) is 5.91 Å². The van der Waals surface area contributed by atoms with Gasteiger partial charge in [-0.05, 0) is 18.6 Å². The molecule has 0 saturated carbocycles. The topological polar surface area (TPSA) is 67.5 Å². The van der Waals surface area contributed by atoms with Crippen LogP contribution in [-0.4, -0.2) is 51.0 Å². The molecule has 7 heteroatoms. The van der Waals surface area contributed by atoms with E-state index in [1.54, 1.807) is 11.9 Å². The molecular formula is C21H26N4O3. The lowest BCUT2D eigenvalue weighted by Gasteiger charge is -2.34. The van der Waals surface area contributed by atoms with Crippen LogP contribution in [0.3, 0.4) is 0 Å². The molecule has 28 heavy (non-hydrogen) atoms. The quantitative estimate of drug-likeness (QED) is 0.732. The van der Waals surface area contributed by atoms with Gasteiger partial charge >= 0.3 is 5.69 Å². The van der Waals surface area contributed by atoms with Gasteiger partial charge in [-0.15, -0.1) is 0 Å². The monoisotopic (exact) mass is 382 g/mol. The van der Waals surface area contributed by atoms with Gasteiger partial charge < -0.3 is 9.47 Å². The van der Waals surface area contributed by atoms with Crippen molar-refractivity contribution in [3.05, 3.63) is 74.1 Å². The highest BCUT2D eigenvalue weighted by molar-refractivity contribution is 5.91. The first-order valence-electron chi connectivity index (χ1n) is 9.36. The van der Waals surface area contributed by atoms with Gasteiger partial charge in [0.05, 0.1) is 5.56 Å². The molecule has 7 nitrogen and oxygen atoms in total. The lowest BCUT2D eigenvalue weighted by atomic mass is 10.1. The van der Waals surface area contributed by atoms with Gasteiger partial charge in [0, 0.05) is 59.1 Å². The molecule has 1 saturated heterocycles. The van der Waals surface area contributed by atoms with Crippen LogP contribution in [0, 0.1) is 6.92 Å². The van der Waals surface area contributed by atoms with Crippen LogP contribution >= 0.6 is 0 Å². The third kappa shape index (κ3) is 4.48. The van der Waals surface area contributed by atoms with E-state index < -0.39 is 11.2 Å². The number of aromatic nitrogens is 2. The molecule has 148 valence electrons. The van der Waals surface area contributed by atoms with E-state index in [9.17, 15) is 14.4 Å². The first-order chi connectivity index (χ1) is 13.3. The second-order valence-electron chi connectivity index (χ2n) is 7.27.